The fraction of sp³-hybridized carbons (Fsp3) is 0.905. The molecule has 0 radical (unpaired) electrons. The van der Waals surface area contributed by atoms with Crippen LogP contribution in [0.15, 0.2) is 0 Å². The molecular weight excluding hydrogens is 300 g/mol. The van der Waals surface area contributed by atoms with E-state index in [1.165, 1.54) is 32.6 Å². The van der Waals surface area contributed by atoms with Crippen LogP contribution in [0, 0.1) is 34.5 Å². The van der Waals surface area contributed by atoms with Crippen molar-refractivity contribution in [1.29, 1.82) is 0 Å². The van der Waals surface area contributed by atoms with Crippen molar-refractivity contribution in [1.82, 2.24) is 0 Å². The smallest absolute Gasteiger partial charge is 0.302 e. The SMILES string of the molecule is CC(=O)O[C@@H]1CC[C@H]2[C@H]3CC[C@H]4CCCC(=O)[C@]4(C)[C@@H]3CC[C@]12C. The summed E-state index contributed by atoms with van der Waals surface area (Å²) in [6.07, 6.45) is 10.2. The Labute approximate surface area is 145 Å². The van der Waals surface area contributed by atoms with Crippen LogP contribution >= 0.6 is 0 Å². The first-order valence-electron chi connectivity index (χ1n) is 10.1. The zero-order valence-corrected chi connectivity index (χ0v) is 15.5. The van der Waals surface area contributed by atoms with Gasteiger partial charge in [-0.15, -0.1) is 0 Å². The van der Waals surface area contributed by atoms with Gasteiger partial charge in [0.1, 0.15) is 11.9 Å². The van der Waals surface area contributed by atoms with E-state index in [1.807, 2.05) is 0 Å². The highest BCUT2D eigenvalue weighted by Gasteiger charge is 2.62. The van der Waals surface area contributed by atoms with Crippen LogP contribution in [-0.2, 0) is 14.3 Å². The van der Waals surface area contributed by atoms with E-state index in [1.54, 1.807) is 0 Å². The predicted molar refractivity (Wildman–Crippen MR) is 92.3 cm³/mol. The monoisotopic (exact) mass is 332 g/mol. The Morgan fingerprint density at radius 1 is 1.04 bits per heavy atom. The van der Waals surface area contributed by atoms with Gasteiger partial charge < -0.3 is 4.74 Å². The summed E-state index contributed by atoms with van der Waals surface area (Å²) >= 11 is 0. The fourth-order valence-corrected chi connectivity index (χ4v) is 7.43. The summed E-state index contributed by atoms with van der Waals surface area (Å²) in [5.74, 6) is 2.89. The Kier molecular flexibility index (Phi) is 3.85. The molecule has 0 aliphatic heterocycles. The molecule has 0 aromatic rings. The van der Waals surface area contributed by atoms with Crippen molar-refractivity contribution in [2.75, 3.05) is 0 Å². The molecule has 0 amide bonds. The molecule has 0 aromatic carbocycles. The van der Waals surface area contributed by atoms with E-state index in [2.05, 4.69) is 13.8 Å². The van der Waals surface area contributed by atoms with E-state index in [0.717, 1.165) is 32.1 Å². The maximum absolute atomic E-state index is 12.9. The summed E-state index contributed by atoms with van der Waals surface area (Å²) in [6.45, 7) is 6.19. The summed E-state index contributed by atoms with van der Waals surface area (Å²) in [7, 11) is 0. The largest absolute Gasteiger partial charge is 0.462 e. The Morgan fingerprint density at radius 2 is 1.83 bits per heavy atom. The van der Waals surface area contributed by atoms with Crippen LogP contribution in [0.2, 0.25) is 0 Å². The number of carbonyl (C=O) groups is 2. The van der Waals surface area contributed by atoms with Gasteiger partial charge in [-0.2, -0.15) is 0 Å². The van der Waals surface area contributed by atoms with Gasteiger partial charge in [0.05, 0.1) is 0 Å². The number of carbonyl (C=O) groups excluding carboxylic acids is 2. The first-order valence-corrected chi connectivity index (χ1v) is 10.1. The zero-order valence-electron chi connectivity index (χ0n) is 15.5. The number of hydrogen-bond acceptors (Lipinski definition) is 3. The Hall–Kier alpha value is -0.860. The van der Waals surface area contributed by atoms with Crippen molar-refractivity contribution in [3.05, 3.63) is 0 Å². The van der Waals surface area contributed by atoms with E-state index in [9.17, 15) is 9.59 Å². The van der Waals surface area contributed by atoms with Gasteiger partial charge >= 0.3 is 5.97 Å². The van der Waals surface area contributed by atoms with Crippen molar-refractivity contribution in [2.24, 2.45) is 34.5 Å². The second kappa shape index (κ2) is 5.57. The van der Waals surface area contributed by atoms with Crippen molar-refractivity contribution in [2.45, 2.75) is 84.7 Å². The fourth-order valence-electron chi connectivity index (χ4n) is 7.43. The lowest BCUT2D eigenvalue weighted by molar-refractivity contribution is -0.165. The minimum absolute atomic E-state index is 0.0674. The van der Waals surface area contributed by atoms with Crippen LogP contribution in [0.4, 0.5) is 0 Å². The van der Waals surface area contributed by atoms with Crippen LogP contribution in [0.5, 0.6) is 0 Å². The van der Waals surface area contributed by atoms with E-state index >= 15 is 0 Å². The standard InChI is InChI=1S/C21H32O3/c1-13(22)24-19-10-9-16-15-8-7-14-5-4-6-18(23)21(14,3)17(15)11-12-20(16,19)2/h14-17,19H,4-12H2,1-3H3/t14-,15-,16+,17-,19-,20+,21+/m1/s1. The molecule has 0 aromatic heterocycles. The summed E-state index contributed by atoms with van der Waals surface area (Å²) in [4.78, 5) is 24.4. The van der Waals surface area contributed by atoms with E-state index in [0.29, 0.717) is 29.5 Å². The topological polar surface area (TPSA) is 43.4 Å². The molecule has 134 valence electrons. The average molecular weight is 332 g/mol. The van der Waals surface area contributed by atoms with Crippen LogP contribution < -0.4 is 0 Å². The lowest BCUT2D eigenvalue weighted by Gasteiger charge is -2.59. The third-order valence-corrected chi connectivity index (χ3v) is 8.68. The highest BCUT2D eigenvalue weighted by Crippen LogP contribution is 2.65. The third-order valence-electron chi connectivity index (χ3n) is 8.68. The van der Waals surface area contributed by atoms with Crippen LogP contribution in [0.3, 0.4) is 0 Å². The molecule has 4 aliphatic rings. The Balaban J connectivity index is 1.62. The minimum Gasteiger partial charge on any atom is -0.462 e. The maximum atomic E-state index is 12.9. The quantitative estimate of drug-likeness (QED) is 0.663. The maximum Gasteiger partial charge on any atom is 0.302 e. The van der Waals surface area contributed by atoms with Crippen LogP contribution in [0.25, 0.3) is 0 Å². The number of fused-ring (bicyclic) bond motifs is 5. The summed E-state index contributed by atoms with van der Waals surface area (Å²) < 4.78 is 5.71. The molecule has 7 atom stereocenters. The number of ketones is 1. The van der Waals surface area contributed by atoms with Gasteiger partial charge in [0.25, 0.3) is 0 Å². The normalized spacial score (nSPS) is 50.6. The second-order valence-corrected chi connectivity index (χ2v) is 9.47. The van der Waals surface area contributed by atoms with Gasteiger partial charge in [0, 0.05) is 24.2 Å². The Morgan fingerprint density at radius 3 is 2.58 bits per heavy atom. The molecule has 24 heavy (non-hydrogen) atoms. The Bertz CT molecular complexity index is 555. The molecule has 0 unspecified atom stereocenters. The van der Waals surface area contributed by atoms with E-state index < -0.39 is 0 Å². The molecule has 3 nitrogen and oxygen atoms in total. The van der Waals surface area contributed by atoms with Gasteiger partial charge in [-0.25, -0.2) is 0 Å². The predicted octanol–water partition coefficient (Wildman–Crippen LogP) is 4.53. The molecule has 0 N–H and O–H groups in total. The van der Waals surface area contributed by atoms with Gasteiger partial charge in [0.15, 0.2) is 0 Å². The summed E-state index contributed by atoms with van der Waals surface area (Å²) in [5.41, 5.74) is 0.0652. The highest BCUT2D eigenvalue weighted by atomic mass is 16.5. The van der Waals surface area contributed by atoms with Crippen molar-refractivity contribution >= 4 is 11.8 Å². The van der Waals surface area contributed by atoms with Gasteiger partial charge in [0.2, 0.25) is 0 Å². The minimum atomic E-state index is -0.137. The molecular formula is C21H32O3. The van der Waals surface area contributed by atoms with E-state index in [-0.39, 0.29) is 22.9 Å². The van der Waals surface area contributed by atoms with Gasteiger partial charge in [-0.05, 0) is 75.0 Å². The zero-order chi connectivity index (χ0) is 17.1. The molecule has 4 saturated carbocycles. The van der Waals surface area contributed by atoms with Gasteiger partial charge in [-0.3, -0.25) is 9.59 Å². The third kappa shape index (κ3) is 2.15. The number of Topliss-reactive ketones (excluding diaryl/α,β-unsaturated/α-hetero) is 1. The lowest BCUT2D eigenvalue weighted by Crippen LogP contribution is -2.56. The van der Waals surface area contributed by atoms with Crippen molar-refractivity contribution < 1.29 is 14.3 Å². The molecule has 4 aliphatic carbocycles. The lowest BCUT2D eigenvalue weighted by atomic mass is 9.45. The van der Waals surface area contributed by atoms with Crippen LogP contribution in [0.1, 0.15) is 78.6 Å². The number of rotatable bonds is 1. The number of hydrogen-bond donors (Lipinski definition) is 0. The first-order chi connectivity index (χ1) is 11.4. The molecule has 4 fully saturated rings. The van der Waals surface area contributed by atoms with Crippen molar-refractivity contribution in [3.8, 4) is 0 Å². The highest BCUT2D eigenvalue weighted by molar-refractivity contribution is 5.86. The molecule has 3 heteroatoms. The van der Waals surface area contributed by atoms with E-state index in [4.69, 9.17) is 4.74 Å². The first kappa shape index (κ1) is 16.6. The molecule has 0 bridgehead atoms. The average Bonchev–Trinajstić information content (AvgIpc) is 2.85. The number of ether oxygens (including phenoxy) is 1. The summed E-state index contributed by atoms with van der Waals surface area (Å²) in [5, 5.41) is 0. The molecule has 0 heterocycles. The number of esters is 1. The summed E-state index contributed by atoms with van der Waals surface area (Å²) in [6, 6.07) is 0. The van der Waals surface area contributed by atoms with Gasteiger partial charge in [-0.1, -0.05) is 13.8 Å². The second-order valence-electron chi connectivity index (χ2n) is 9.47. The molecule has 4 rings (SSSR count). The molecule has 0 spiro atoms. The van der Waals surface area contributed by atoms with Crippen molar-refractivity contribution in [3.63, 3.8) is 0 Å². The van der Waals surface area contributed by atoms with Crippen LogP contribution in [-0.4, -0.2) is 17.9 Å². The molecule has 0 saturated heterocycles.